The van der Waals surface area contributed by atoms with E-state index < -0.39 is 17.5 Å². The van der Waals surface area contributed by atoms with Crippen LogP contribution in [0.3, 0.4) is 0 Å². The van der Waals surface area contributed by atoms with Crippen molar-refractivity contribution >= 4 is 23.5 Å². The Morgan fingerprint density at radius 1 is 1.56 bits per heavy atom. The number of rotatable bonds is 2. The monoisotopic (exact) mass is 151 g/mol. The highest BCUT2D eigenvalue weighted by molar-refractivity contribution is 6.28. The van der Waals surface area contributed by atoms with E-state index in [1.54, 1.807) is 0 Å². The first-order valence-corrected chi connectivity index (χ1v) is 2.50. The maximum atomic E-state index is 9.96. The van der Waals surface area contributed by atoms with Crippen molar-refractivity contribution in [3.8, 4) is 0 Å². The molecular formula is C4H4ClO4. The second-order valence-corrected chi connectivity index (χ2v) is 1.64. The van der Waals surface area contributed by atoms with Crippen molar-refractivity contribution in [2.45, 2.75) is 12.5 Å². The molecule has 1 unspecified atom stereocenters. The number of alkyl halides is 1. The molecule has 0 aliphatic carbocycles. The molecule has 0 saturated heterocycles. The van der Waals surface area contributed by atoms with Crippen LogP contribution in [0.4, 0.5) is 0 Å². The molecule has 0 amide bonds. The van der Waals surface area contributed by atoms with E-state index in [2.05, 4.69) is 4.74 Å². The highest BCUT2D eigenvalue weighted by Crippen LogP contribution is 1.97. The molecule has 0 aliphatic rings. The summed E-state index contributed by atoms with van der Waals surface area (Å²) >= 11 is 4.91. The fourth-order valence-corrected chi connectivity index (χ4v) is 0.319. The second-order valence-electron chi connectivity index (χ2n) is 1.24. The zero-order valence-electron chi connectivity index (χ0n) is 4.59. The van der Waals surface area contributed by atoms with Gasteiger partial charge in [-0.1, -0.05) is 11.6 Å². The Hall–Kier alpha value is -0.770. The van der Waals surface area contributed by atoms with E-state index in [4.69, 9.17) is 11.6 Å². The quantitative estimate of drug-likeness (QED) is 0.415. The van der Waals surface area contributed by atoms with E-state index in [0.717, 1.165) is 6.92 Å². The van der Waals surface area contributed by atoms with E-state index in [9.17, 15) is 14.7 Å². The van der Waals surface area contributed by atoms with Gasteiger partial charge in [-0.05, 0) is 0 Å². The van der Waals surface area contributed by atoms with Gasteiger partial charge in [0.2, 0.25) is 0 Å². The molecule has 1 atom stereocenters. The lowest BCUT2D eigenvalue weighted by molar-refractivity contribution is -0.160. The normalized spacial score (nSPS) is 12.2. The van der Waals surface area contributed by atoms with Crippen LogP contribution in [0.2, 0.25) is 0 Å². The molecule has 51 valence electrons. The molecule has 1 radical (unpaired) electrons. The third-order valence-electron chi connectivity index (χ3n) is 0.455. The minimum absolute atomic E-state index is 0.751. The molecule has 9 heavy (non-hydrogen) atoms. The molecule has 0 saturated carbocycles. The van der Waals surface area contributed by atoms with Crippen LogP contribution >= 0.6 is 11.6 Å². The van der Waals surface area contributed by atoms with Crippen molar-refractivity contribution in [1.82, 2.24) is 0 Å². The van der Waals surface area contributed by atoms with Gasteiger partial charge in [-0.25, -0.2) is 9.90 Å². The van der Waals surface area contributed by atoms with Crippen LogP contribution in [-0.2, 0) is 19.4 Å². The molecule has 0 aromatic heterocycles. The van der Waals surface area contributed by atoms with Crippen LogP contribution in [0.1, 0.15) is 6.92 Å². The maximum Gasteiger partial charge on any atom is 0.411 e. The van der Waals surface area contributed by atoms with Crippen LogP contribution in [0.25, 0.3) is 0 Å². The molecule has 0 spiro atoms. The summed E-state index contributed by atoms with van der Waals surface area (Å²) in [6.07, 6.45) is 0. The summed E-state index contributed by atoms with van der Waals surface area (Å²) in [6.45, 7) is 1.05. The fourth-order valence-electron chi connectivity index (χ4n) is 0.194. The van der Waals surface area contributed by atoms with Gasteiger partial charge >= 0.3 is 11.9 Å². The van der Waals surface area contributed by atoms with Gasteiger partial charge < -0.3 is 4.74 Å². The number of ether oxygens (including phenoxy) is 1. The van der Waals surface area contributed by atoms with Gasteiger partial charge in [0, 0.05) is 6.92 Å². The van der Waals surface area contributed by atoms with Gasteiger partial charge in [-0.2, -0.15) is 0 Å². The number of carbonyl (C=O) groups is 2. The van der Waals surface area contributed by atoms with Crippen LogP contribution in [0.5, 0.6) is 0 Å². The Bertz CT molecular complexity index is 133. The summed E-state index contributed by atoms with van der Waals surface area (Å²) in [4.78, 5) is 19.7. The van der Waals surface area contributed by atoms with E-state index in [-0.39, 0.29) is 0 Å². The topological polar surface area (TPSA) is 63.3 Å². The predicted octanol–water partition coefficient (Wildman–Crippen LogP) is 0.0715. The van der Waals surface area contributed by atoms with Crippen LogP contribution in [0.15, 0.2) is 0 Å². The summed E-state index contributed by atoms with van der Waals surface area (Å²) in [5.41, 5.74) is -1.68. The fraction of sp³-hybridized carbons (Fsp3) is 0.500. The standard InChI is InChI=1S/C4H4ClO4/c1-2(6)9-3(5)4(7)8/h3H,1H3. The molecular weight excluding hydrogens is 147 g/mol. The molecule has 0 aromatic rings. The molecule has 0 fully saturated rings. The van der Waals surface area contributed by atoms with Crippen molar-refractivity contribution in [2.24, 2.45) is 0 Å². The summed E-state index contributed by atoms with van der Waals surface area (Å²) < 4.78 is 3.98. The lowest BCUT2D eigenvalue weighted by Crippen LogP contribution is -2.18. The van der Waals surface area contributed by atoms with E-state index in [1.165, 1.54) is 0 Å². The molecule has 5 heteroatoms. The van der Waals surface area contributed by atoms with Crippen LogP contribution < -0.4 is 0 Å². The molecule has 0 aliphatic heterocycles. The predicted molar refractivity (Wildman–Crippen MR) is 27.1 cm³/mol. The Kier molecular flexibility index (Phi) is 3.01. The lowest BCUT2D eigenvalue weighted by atomic mass is 10.7. The molecule has 0 aromatic carbocycles. The van der Waals surface area contributed by atoms with Crippen LogP contribution in [0, 0.1) is 0 Å². The van der Waals surface area contributed by atoms with Gasteiger partial charge in [0.15, 0.2) is 0 Å². The minimum Gasteiger partial charge on any atom is -0.434 e. The molecule has 0 N–H and O–H groups in total. The van der Waals surface area contributed by atoms with E-state index >= 15 is 0 Å². The van der Waals surface area contributed by atoms with Crippen molar-refractivity contribution in [2.75, 3.05) is 0 Å². The average molecular weight is 152 g/mol. The number of halogens is 1. The summed E-state index contributed by atoms with van der Waals surface area (Å²) in [5.74, 6) is -2.37. The summed E-state index contributed by atoms with van der Waals surface area (Å²) in [6, 6.07) is 0. The third-order valence-corrected chi connectivity index (χ3v) is 0.722. The summed E-state index contributed by atoms with van der Waals surface area (Å²) in [7, 11) is 0. The van der Waals surface area contributed by atoms with Gasteiger partial charge in [0.1, 0.15) is 0 Å². The first-order valence-electron chi connectivity index (χ1n) is 2.06. The molecule has 4 nitrogen and oxygen atoms in total. The Balaban J connectivity index is 3.63. The SMILES string of the molecule is CC(=O)OC(Cl)C([O])=O. The van der Waals surface area contributed by atoms with Crippen molar-refractivity contribution < 1.29 is 19.4 Å². The number of carbonyl (C=O) groups excluding carboxylic acids is 2. The van der Waals surface area contributed by atoms with Gasteiger partial charge in [0.05, 0.1) is 0 Å². The van der Waals surface area contributed by atoms with E-state index in [1.807, 2.05) is 0 Å². The zero-order chi connectivity index (χ0) is 7.44. The highest BCUT2D eigenvalue weighted by atomic mass is 35.5. The molecule has 0 bridgehead atoms. The Morgan fingerprint density at radius 3 is 2.11 bits per heavy atom. The average Bonchev–Trinajstić information content (AvgIpc) is 1.63. The third kappa shape index (κ3) is 3.78. The number of hydrogen-bond acceptors (Lipinski definition) is 3. The van der Waals surface area contributed by atoms with Crippen molar-refractivity contribution in [3.63, 3.8) is 0 Å². The van der Waals surface area contributed by atoms with Gasteiger partial charge in [-0.15, -0.1) is 0 Å². The second kappa shape index (κ2) is 3.29. The largest absolute Gasteiger partial charge is 0.434 e. The maximum absolute atomic E-state index is 9.96. The number of esters is 1. The molecule has 0 heterocycles. The van der Waals surface area contributed by atoms with Gasteiger partial charge in [0.25, 0.3) is 5.56 Å². The number of hydrogen-bond donors (Lipinski definition) is 0. The Morgan fingerprint density at radius 2 is 2.00 bits per heavy atom. The summed E-state index contributed by atoms with van der Waals surface area (Å²) in [5, 5.41) is 9.71. The highest BCUT2D eigenvalue weighted by Gasteiger charge is 2.17. The molecule has 0 rings (SSSR count). The van der Waals surface area contributed by atoms with Crippen molar-refractivity contribution in [3.05, 3.63) is 0 Å². The lowest BCUT2D eigenvalue weighted by Gasteiger charge is -1.99. The van der Waals surface area contributed by atoms with Crippen molar-refractivity contribution in [1.29, 1.82) is 0 Å². The zero-order valence-corrected chi connectivity index (χ0v) is 5.34. The van der Waals surface area contributed by atoms with Crippen LogP contribution in [-0.4, -0.2) is 17.5 Å². The van der Waals surface area contributed by atoms with Gasteiger partial charge in [-0.3, -0.25) is 4.79 Å². The minimum atomic E-state index is -1.68. The Labute approximate surface area is 56.4 Å². The van der Waals surface area contributed by atoms with E-state index in [0.29, 0.717) is 0 Å². The first-order chi connectivity index (χ1) is 4.04. The smallest absolute Gasteiger partial charge is 0.411 e. The first kappa shape index (κ1) is 8.23.